The van der Waals surface area contributed by atoms with Crippen LogP contribution >= 0.6 is 0 Å². The molecule has 0 spiro atoms. The van der Waals surface area contributed by atoms with E-state index in [-0.39, 0.29) is 18.2 Å². The zero-order chi connectivity index (χ0) is 20.5. The molecule has 4 aromatic rings. The number of H-pyrrole nitrogens is 1. The van der Waals surface area contributed by atoms with E-state index in [1.807, 2.05) is 19.1 Å². The summed E-state index contributed by atoms with van der Waals surface area (Å²) in [7, 11) is 1.36. The van der Waals surface area contributed by atoms with Crippen LogP contribution in [0.15, 0.2) is 47.5 Å². The number of benzene rings is 2. The fraction of sp³-hybridized carbons (Fsp3) is 0.150. The molecule has 148 valence electrons. The molecule has 0 fully saturated rings. The second-order valence-corrected chi connectivity index (χ2v) is 6.59. The molecule has 0 radical (unpaired) electrons. The predicted octanol–water partition coefficient (Wildman–Crippen LogP) is 3.51. The average Bonchev–Trinajstić information content (AvgIpc) is 3.10. The highest BCUT2D eigenvalue weighted by Crippen LogP contribution is 2.25. The maximum Gasteiger partial charge on any atom is 0.316 e. The first-order valence-electron chi connectivity index (χ1n) is 8.74. The molecule has 0 amide bonds. The Morgan fingerprint density at radius 2 is 1.93 bits per heavy atom. The van der Waals surface area contributed by atoms with Gasteiger partial charge in [0.05, 0.1) is 31.6 Å². The summed E-state index contributed by atoms with van der Waals surface area (Å²) in [5.74, 6) is -1.14. The number of hydrogen-bond acceptors (Lipinski definition) is 5. The van der Waals surface area contributed by atoms with Gasteiger partial charge < -0.3 is 14.6 Å². The molecule has 0 unspecified atom stereocenters. The van der Waals surface area contributed by atoms with E-state index >= 15 is 0 Å². The smallest absolute Gasteiger partial charge is 0.316 e. The molecular formula is C20H17F2N5O2. The van der Waals surface area contributed by atoms with Crippen molar-refractivity contribution in [1.29, 1.82) is 0 Å². The number of ether oxygens (including phenoxy) is 1. The van der Waals surface area contributed by atoms with Crippen molar-refractivity contribution in [2.45, 2.75) is 13.5 Å². The van der Waals surface area contributed by atoms with Gasteiger partial charge in [-0.15, -0.1) is 0 Å². The third-order valence-corrected chi connectivity index (χ3v) is 4.49. The number of halogens is 2. The number of aryl methyl sites for hydroxylation is 1. The maximum atomic E-state index is 13.6. The summed E-state index contributed by atoms with van der Waals surface area (Å²) in [5, 5.41) is 11.0. The summed E-state index contributed by atoms with van der Waals surface area (Å²) in [4.78, 5) is 16.3. The van der Waals surface area contributed by atoms with E-state index in [0.717, 1.165) is 22.5 Å². The fourth-order valence-electron chi connectivity index (χ4n) is 3.09. The molecule has 7 nitrogen and oxygen atoms in total. The lowest BCUT2D eigenvalue weighted by Crippen LogP contribution is -2.19. The van der Waals surface area contributed by atoms with Crippen LogP contribution in [-0.2, 0) is 6.54 Å². The number of nitrogens with zero attached hydrogens (tertiary/aromatic N) is 3. The summed E-state index contributed by atoms with van der Waals surface area (Å²) in [6.45, 7) is 1.98. The largest absolute Gasteiger partial charge is 0.490 e. The first-order chi connectivity index (χ1) is 13.9. The van der Waals surface area contributed by atoms with E-state index in [1.54, 1.807) is 10.8 Å². The number of nitrogens with one attached hydrogen (secondary N) is 2. The first kappa shape index (κ1) is 18.6. The lowest BCUT2D eigenvalue weighted by Gasteiger charge is -2.16. The third kappa shape index (κ3) is 3.79. The minimum atomic E-state index is -0.684. The monoisotopic (exact) mass is 397 g/mol. The Morgan fingerprint density at radius 3 is 2.66 bits per heavy atom. The first-order valence-corrected chi connectivity index (χ1v) is 8.74. The Bertz CT molecular complexity index is 1250. The molecule has 29 heavy (non-hydrogen) atoms. The normalized spacial score (nSPS) is 11.0. The summed E-state index contributed by atoms with van der Waals surface area (Å²) in [6, 6.07) is 7.03. The van der Waals surface area contributed by atoms with Gasteiger partial charge in [0.15, 0.2) is 0 Å². The molecule has 9 heteroatoms. The van der Waals surface area contributed by atoms with Crippen molar-refractivity contribution in [1.82, 2.24) is 19.7 Å². The Balaban J connectivity index is 1.77. The topological polar surface area (TPSA) is 84.8 Å². The highest BCUT2D eigenvalue weighted by atomic mass is 19.1. The molecule has 2 heterocycles. The van der Waals surface area contributed by atoms with E-state index in [9.17, 15) is 13.6 Å². The van der Waals surface area contributed by atoms with Crippen molar-refractivity contribution in [3.63, 3.8) is 0 Å². The summed E-state index contributed by atoms with van der Waals surface area (Å²) in [5.41, 5.74) is 2.24. The van der Waals surface area contributed by atoms with Gasteiger partial charge in [0, 0.05) is 17.1 Å². The highest BCUT2D eigenvalue weighted by Gasteiger charge is 2.13. The minimum absolute atomic E-state index is 0.0215. The van der Waals surface area contributed by atoms with Gasteiger partial charge in [0.1, 0.15) is 11.6 Å². The molecule has 2 aromatic carbocycles. The van der Waals surface area contributed by atoms with Crippen molar-refractivity contribution < 1.29 is 13.5 Å². The third-order valence-electron chi connectivity index (χ3n) is 4.49. The number of aromatic amines is 1. The van der Waals surface area contributed by atoms with E-state index in [2.05, 4.69) is 20.5 Å². The number of anilines is 2. The van der Waals surface area contributed by atoms with Gasteiger partial charge in [0.25, 0.3) is 0 Å². The van der Waals surface area contributed by atoms with Crippen LogP contribution < -0.4 is 15.6 Å². The molecule has 0 bridgehead atoms. The van der Waals surface area contributed by atoms with Gasteiger partial charge in [-0.25, -0.2) is 8.78 Å². The van der Waals surface area contributed by atoms with Crippen LogP contribution in [0.4, 0.5) is 20.4 Å². The van der Waals surface area contributed by atoms with Crippen LogP contribution in [-0.4, -0.2) is 26.9 Å². The lowest BCUT2D eigenvalue weighted by molar-refractivity contribution is 0.402. The lowest BCUT2D eigenvalue weighted by atomic mass is 10.1. The van der Waals surface area contributed by atoms with Gasteiger partial charge in [-0.3, -0.25) is 9.89 Å². The van der Waals surface area contributed by atoms with E-state index in [0.29, 0.717) is 11.3 Å². The Morgan fingerprint density at radius 1 is 1.17 bits per heavy atom. The van der Waals surface area contributed by atoms with Crippen molar-refractivity contribution in [3.05, 3.63) is 75.8 Å². The number of aromatic nitrogens is 4. The molecule has 4 rings (SSSR count). The number of methoxy groups -OCH3 is 1. The van der Waals surface area contributed by atoms with Crippen LogP contribution in [0.1, 0.15) is 11.1 Å². The Hall–Kier alpha value is -3.75. The highest BCUT2D eigenvalue weighted by molar-refractivity contribution is 5.84. The van der Waals surface area contributed by atoms with Gasteiger partial charge in [-0.05, 0) is 42.3 Å². The summed E-state index contributed by atoms with van der Waals surface area (Å²) < 4.78 is 33.8. The molecule has 0 aliphatic rings. The zero-order valence-corrected chi connectivity index (χ0v) is 15.7. The Kier molecular flexibility index (Phi) is 4.71. The molecule has 2 aromatic heterocycles. The molecule has 0 aliphatic heterocycles. The maximum absolute atomic E-state index is 13.6. The van der Waals surface area contributed by atoms with Gasteiger partial charge in [-0.2, -0.15) is 10.1 Å². The number of fused-ring (bicyclic) bond motifs is 1. The van der Waals surface area contributed by atoms with Gasteiger partial charge in [0.2, 0.25) is 11.7 Å². The Labute approximate surface area is 164 Å². The molecule has 0 aliphatic carbocycles. The van der Waals surface area contributed by atoms with Crippen LogP contribution in [0.2, 0.25) is 0 Å². The molecular weight excluding hydrogens is 380 g/mol. The quantitative estimate of drug-likeness (QED) is 0.538. The minimum Gasteiger partial charge on any atom is -0.490 e. The molecule has 2 N–H and O–H groups in total. The van der Waals surface area contributed by atoms with Crippen molar-refractivity contribution in [2.24, 2.45) is 0 Å². The molecule has 0 saturated carbocycles. The van der Waals surface area contributed by atoms with Crippen LogP contribution in [0, 0.1) is 18.6 Å². The van der Waals surface area contributed by atoms with Gasteiger partial charge >= 0.3 is 5.56 Å². The predicted molar refractivity (Wildman–Crippen MR) is 105 cm³/mol. The summed E-state index contributed by atoms with van der Waals surface area (Å²) in [6.07, 6.45) is 3.16. The molecule has 0 atom stereocenters. The second kappa shape index (κ2) is 7.34. The average molecular weight is 397 g/mol. The van der Waals surface area contributed by atoms with Crippen LogP contribution in [0.25, 0.3) is 10.9 Å². The van der Waals surface area contributed by atoms with Crippen molar-refractivity contribution in [3.8, 4) is 5.75 Å². The van der Waals surface area contributed by atoms with E-state index in [4.69, 9.17) is 4.74 Å². The summed E-state index contributed by atoms with van der Waals surface area (Å²) >= 11 is 0. The standard InChI is InChI=1S/C20H17F2N5O2/c1-11-3-13-8-23-26-17(13)7-16(11)24-20-25-19(28)18(29-2)10-27(20)9-12-4-14(21)6-15(22)5-12/h3-8,10H,9H2,1-2H3,(H,23,26)(H,24,25,28). The SMILES string of the molecule is COc1cn(Cc2cc(F)cc(F)c2)c(Nc2cc3[nH]ncc3cc2C)nc1=O. The van der Waals surface area contributed by atoms with E-state index < -0.39 is 17.2 Å². The van der Waals surface area contributed by atoms with Crippen LogP contribution in [0.3, 0.4) is 0 Å². The van der Waals surface area contributed by atoms with E-state index in [1.165, 1.54) is 25.4 Å². The fourth-order valence-corrected chi connectivity index (χ4v) is 3.09. The van der Waals surface area contributed by atoms with Crippen molar-refractivity contribution >= 4 is 22.5 Å². The second-order valence-electron chi connectivity index (χ2n) is 6.59. The number of hydrogen-bond donors (Lipinski definition) is 2. The number of rotatable bonds is 5. The van der Waals surface area contributed by atoms with Crippen molar-refractivity contribution in [2.75, 3.05) is 12.4 Å². The zero-order valence-electron chi connectivity index (χ0n) is 15.7. The van der Waals surface area contributed by atoms with Crippen LogP contribution in [0.5, 0.6) is 5.75 Å². The van der Waals surface area contributed by atoms with Gasteiger partial charge in [-0.1, -0.05) is 0 Å². The molecule has 0 saturated heterocycles.